The average Bonchev–Trinajstić information content (AvgIpc) is 3.19. The first kappa shape index (κ1) is 15.0. The molecule has 0 bridgehead atoms. The van der Waals surface area contributed by atoms with Crippen LogP contribution >= 0.6 is 11.3 Å². The van der Waals surface area contributed by atoms with E-state index in [1.54, 1.807) is 35.5 Å². The van der Waals surface area contributed by atoms with Gasteiger partial charge in [-0.15, -0.1) is 0 Å². The molecule has 1 atom stereocenters. The maximum Gasteiger partial charge on any atom is 0.255 e. The average molecular weight is 317 g/mol. The van der Waals surface area contributed by atoms with Gasteiger partial charge in [0.1, 0.15) is 0 Å². The van der Waals surface area contributed by atoms with Crippen molar-refractivity contribution < 1.29 is 9.59 Å². The lowest BCUT2D eigenvalue weighted by Crippen LogP contribution is -2.37. The Morgan fingerprint density at radius 1 is 1.41 bits per heavy atom. The van der Waals surface area contributed by atoms with E-state index < -0.39 is 0 Å². The molecule has 6 heteroatoms. The number of aromatic nitrogens is 2. The number of hydrogen-bond donors (Lipinski definition) is 0. The minimum Gasteiger partial charge on any atom is -0.335 e. The molecule has 1 aliphatic heterocycles. The zero-order chi connectivity index (χ0) is 15.7. The number of carbonyl (C=O) groups excluding carboxylic acids is 2. The third-order valence-corrected chi connectivity index (χ3v) is 5.03. The number of carbonyl (C=O) groups is 2. The van der Waals surface area contributed by atoms with E-state index in [2.05, 4.69) is 5.10 Å². The van der Waals surface area contributed by atoms with Gasteiger partial charge < -0.3 is 4.90 Å². The Kier molecular flexibility index (Phi) is 4.11. The van der Waals surface area contributed by atoms with Crippen LogP contribution in [-0.2, 0) is 7.05 Å². The number of aryl methyl sites for hydroxylation is 2. The molecule has 1 aliphatic rings. The molecule has 116 valence electrons. The van der Waals surface area contributed by atoms with E-state index in [1.165, 1.54) is 0 Å². The zero-order valence-corrected chi connectivity index (χ0v) is 13.6. The van der Waals surface area contributed by atoms with Crippen molar-refractivity contribution >= 4 is 23.0 Å². The topological polar surface area (TPSA) is 55.2 Å². The summed E-state index contributed by atoms with van der Waals surface area (Å²) in [5, 5.41) is 7.92. The van der Waals surface area contributed by atoms with Gasteiger partial charge in [-0.2, -0.15) is 16.4 Å². The lowest BCUT2D eigenvalue weighted by molar-refractivity contribution is 0.0717. The van der Waals surface area contributed by atoms with Crippen molar-refractivity contribution in [1.29, 1.82) is 0 Å². The Hall–Kier alpha value is -1.95. The van der Waals surface area contributed by atoms with Crippen LogP contribution in [0.5, 0.6) is 0 Å². The summed E-state index contributed by atoms with van der Waals surface area (Å²) in [6.07, 6.45) is 5.54. The summed E-state index contributed by atoms with van der Waals surface area (Å²) in [7, 11) is 1.79. The summed E-state index contributed by atoms with van der Waals surface area (Å²) in [5.74, 6) is 0.111. The van der Waals surface area contributed by atoms with Crippen LogP contribution in [0.3, 0.4) is 0 Å². The SMILES string of the molecule is Cc1cscc1C(=O)N1CCC[C@@H]1CC(=O)c1cnn(C)c1. The molecule has 0 spiro atoms. The van der Waals surface area contributed by atoms with Gasteiger partial charge in [0.25, 0.3) is 5.91 Å². The van der Waals surface area contributed by atoms with Crippen molar-refractivity contribution in [3.63, 3.8) is 0 Å². The molecule has 3 rings (SSSR count). The Morgan fingerprint density at radius 2 is 2.23 bits per heavy atom. The summed E-state index contributed by atoms with van der Waals surface area (Å²) in [5.41, 5.74) is 2.40. The highest BCUT2D eigenvalue weighted by Gasteiger charge is 2.32. The Balaban J connectivity index is 1.72. The molecule has 1 fully saturated rings. The third kappa shape index (κ3) is 2.83. The molecule has 0 aromatic carbocycles. The van der Waals surface area contributed by atoms with Crippen molar-refractivity contribution in [2.45, 2.75) is 32.2 Å². The van der Waals surface area contributed by atoms with Gasteiger partial charge in [-0.25, -0.2) is 0 Å². The van der Waals surface area contributed by atoms with Crippen LogP contribution in [0.1, 0.15) is 45.5 Å². The van der Waals surface area contributed by atoms with Crippen LogP contribution in [0.25, 0.3) is 0 Å². The van der Waals surface area contributed by atoms with Crippen LogP contribution in [0.4, 0.5) is 0 Å². The molecule has 1 saturated heterocycles. The fraction of sp³-hybridized carbons (Fsp3) is 0.438. The van der Waals surface area contributed by atoms with Crippen molar-refractivity contribution in [1.82, 2.24) is 14.7 Å². The van der Waals surface area contributed by atoms with Crippen LogP contribution in [-0.4, -0.2) is 39.0 Å². The van der Waals surface area contributed by atoms with E-state index in [-0.39, 0.29) is 17.7 Å². The first-order chi connectivity index (χ1) is 10.6. The zero-order valence-electron chi connectivity index (χ0n) is 12.8. The van der Waals surface area contributed by atoms with Gasteiger partial charge in [-0.1, -0.05) is 0 Å². The van der Waals surface area contributed by atoms with Gasteiger partial charge in [0, 0.05) is 37.6 Å². The Morgan fingerprint density at radius 3 is 2.86 bits per heavy atom. The fourth-order valence-electron chi connectivity index (χ4n) is 2.95. The summed E-state index contributed by atoms with van der Waals surface area (Å²) in [6, 6.07) is -0.000457. The van der Waals surface area contributed by atoms with Gasteiger partial charge in [0.2, 0.25) is 0 Å². The summed E-state index contributed by atoms with van der Waals surface area (Å²) in [4.78, 5) is 26.9. The lowest BCUT2D eigenvalue weighted by Gasteiger charge is -2.24. The molecule has 0 unspecified atom stereocenters. The smallest absolute Gasteiger partial charge is 0.255 e. The molecule has 1 amide bonds. The highest BCUT2D eigenvalue weighted by atomic mass is 32.1. The Labute approximate surface area is 133 Å². The van der Waals surface area contributed by atoms with E-state index in [9.17, 15) is 9.59 Å². The molecule has 3 heterocycles. The van der Waals surface area contributed by atoms with Crippen LogP contribution in [0, 0.1) is 6.92 Å². The second kappa shape index (κ2) is 6.04. The van der Waals surface area contributed by atoms with Gasteiger partial charge in [0.05, 0.1) is 17.3 Å². The minimum atomic E-state index is -0.000457. The van der Waals surface area contributed by atoms with Crippen LogP contribution < -0.4 is 0 Å². The summed E-state index contributed by atoms with van der Waals surface area (Å²) >= 11 is 1.54. The first-order valence-electron chi connectivity index (χ1n) is 7.42. The monoisotopic (exact) mass is 317 g/mol. The van der Waals surface area contributed by atoms with Crippen molar-refractivity contribution in [2.24, 2.45) is 7.05 Å². The van der Waals surface area contributed by atoms with E-state index >= 15 is 0 Å². The van der Waals surface area contributed by atoms with Crippen LogP contribution in [0.15, 0.2) is 23.2 Å². The maximum atomic E-state index is 12.7. The van der Waals surface area contributed by atoms with Crippen molar-refractivity contribution in [2.75, 3.05) is 6.54 Å². The third-order valence-electron chi connectivity index (χ3n) is 4.17. The number of thiophene rings is 1. The molecule has 22 heavy (non-hydrogen) atoms. The molecule has 0 aliphatic carbocycles. The Bertz CT molecular complexity index is 704. The van der Waals surface area contributed by atoms with Gasteiger partial charge in [-0.05, 0) is 30.7 Å². The molecule has 0 saturated carbocycles. The highest BCUT2D eigenvalue weighted by molar-refractivity contribution is 7.08. The van der Waals surface area contributed by atoms with E-state index in [0.717, 1.165) is 30.5 Å². The largest absolute Gasteiger partial charge is 0.335 e. The normalized spacial score (nSPS) is 17.9. The molecular formula is C16H19N3O2S. The maximum absolute atomic E-state index is 12.7. The molecular weight excluding hydrogens is 298 g/mol. The second-order valence-corrected chi connectivity index (χ2v) is 6.54. The second-order valence-electron chi connectivity index (χ2n) is 5.79. The summed E-state index contributed by atoms with van der Waals surface area (Å²) < 4.78 is 1.62. The van der Waals surface area contributed by atoms with Gasteiger partial charge in [-0.3, -0.25) is 14.3 Å². The quantitative estimate of drug-likeness (QED) is 0.815. The molecule has 2 aromatic rings. The van der Waals surface area contributed by atoms with E-state index in [1.807, 2.05) is 22.6 Å². The lowest BCUT2D eigenvalue weighted by atomic mass is 10.0. The first-order valence-corrected chi connectivity index (χ1v) is 8.36. The molecule has 2 aromatic heterocycles. The van der Waals surface area contributed by atoms with Crippen molar-refractivity contribution in [3.8, 4) is 0 Å². The number of rotatable bonds is 4. The number of Topliss-reactive ketones (excluding diaryl/α,β-unsaturated/α-hetero) is 1. The van der Waals surface area contributed by atoms with Crippen LogP contribution in [0.2, 0.25) is 0 Å². The molecule has 0 radical (unpaired) electrons. The fourth-order valence-corrected chi connectivity index (χ4v) is 3.77. The number of ketones is 1. The van der Waals surface area contributed by atoms with Crippen molar-refractivity contribution in [3.05, 3.63) is 39.8 Å². The standard InChI is InChI=1S/C16H19N3O2S/c1-11-9-22-10-14(11)16(21)19-5-3-4-13(19)6-15(20)12-7-17-18(2)8-12/h7-10,13H,3-6H2,1-2H3/t13-/m1/s1. The number of amides is 1. The number of likely N-dealkylation sites (tertiary alicyclic amines) is 1. The number of nitrogens with zero attached hydrogens (tertiary/aromatic N) is 3. The molecule has 5 nitrogen and oxygen atoms in total. The minimum absolute atomic E-state index is 0.000457. The predicted molar refractivity (Wildman–Crippen MR) is 85.3 cm³/mol. The predicted octanol–water partition coefficient (Wildman–Crippen LogP) is 2.67. The van der Waals surface area contributed by atoms with Gasteiger partial charge in [0.15, 0.2) is 5.78 Å². The highest BCUT2D eigenvalue weighted by Crippen LogP contribution is 2.26. The molecule has 0 N–H and O–H groups in total. The summed E-state index contributed by atoms with van der Waals surface area (Å²) in [6.45, 7) is 2.69. The van der Waals surface area contributed by atoms with Gasteiger partial charge >= 0.3 is 0 Å². The van der Waals surface area contributed by atoms with E-state index in [4.69, 9.17) is 0 Å². The van der Waals surface area contributed by atoms with E-state index in [0.29, 0.717) is 12.0 Å². The number of hydrogen-bond acceptors (Lipinski definition) is 4.